The van der Waals surface area contributed by atoms with Gasteiger partial charge >= 0.3 is 0 Å². The smallest absolute Gasteiger partial charge is 0.296 e. The van der Waals surface area contributed by atoms with E-state index in [4.69, 9.17) is 27.9 Å². The number of unbranched alkanes of at least 4 members (excludes halogenated alkanes) is 1. The fourth-order valence-electron chi connectivity index (χ4n) is 4.14. The van der Waals surface area contributed by atoms with Gasteiger partial charge in [0.2, 0.25) is 10.9 Å². The predicted molar refractivity (Wildman–Crippen MR) is 161 cm³/mol. The highest BCUT2D eigenvalue weighted by Crippen LogP contribution is 2.45. The first kappa shape index (κ1) is 28.6. The van der Waals surface area contributed by atoms with E-state index in [1.54, 1.807) is 47.8 Å². The van der Waals surface area contributed by atoms with Crippen LogP contribution in [0.5, 0.6) is 5.75 Å². The zero-order valence-corrected chi connectivity index (χ0v) is 25.1. The third kappa shape index (κ3) is 6.06. The third-order valence-corrected chi connectivity index (χ3v) is 9.67. The molecule has 1 atom stereocenters. The van der Waals surface area contributed by atoms with Crippen molar-refractivity contribution < 1.29 is 19.4 Å². The Hall–Kier alpha value is -2.89. The molecule has 1 aliphatic rings. The van der Waals surface area contributed by atoms with Gasteiger partial charge < -0.3 is 9.84 Å². The number of ether oxygens (including phenoxy) is 1. The SMILES string of the molecule is CCCCOc1cccc(C2C(C(=O)c3cccs3)=C(O)C(=O)N2c2nnc(SCc3ccc(Cl)cc3Cl)s2)c1. The summed E-state index contributed by atoms with van der Waals surface area (Å²) in [7, 11) is 0. The number of thiophene rings is 1. The van der Waals surface area contributed by atoms with Gasteiger partial charge in [-0.2, -0.15) is 0 Å². The van der Waals surface area contributed by atoms with Crippen LogP contribution in [-0.2, 0) is 10.5 Å². The number of aliphatic hydroxyl groups excluding tert-OH is 1. The quantitative estimate of drug-likeness (QED) is 0.0772. The average molecular weight is 633 g/mol. The van der Waals surface area contributed by atoms with Crippen LogP contribution in [0.25, 0.3) is 0 Å². The number of ketones is 1. The van der Waals surface area contributed by atoms with E-state index in [9.17, 15) is 14.7 Å². The second-order valence-electron chi connectivity index (χ2n) is 8.80. The molecular formula is C28H23Cl2N3O4S3. The molecule has 40 heavy (non-hydrogen) atoms. The number of carbonyl (C=O) groups is 2. The van der Waals surface area contributed by atoms with E-state index in [0.29, 0.717) is 42.9 Å². The first-order chi connectivity index (χ1) is 19.4. The molecule has 7 nitrogen and oxygen atoms in total. The number of hydrogen-bond donors (Lipinski definition) is 1. The minimum atomic E-state index is -0.909. The van der Waals surface area contributed by atoms with Crippen LogP contribution in [0.15, 0.2) is 75.6 Å². The molecule has 1 amide bonds. The van der Waals surface area contributed by atoms with Crippen molar-refractivity contribution in [2.75, 3.05) is 11.5 Å². The zero-order chi connectivity index (χ0) is 28.2. The van der Waals surface area contributed by atoms with E-state index in [2.05, 4.69) is 17.1 Å². The summed E-state index contributed by atoms with van der Waals surface area (Å²) in [4.78, 5) is 28.8. The van der Waals surface area contributed by atoms with Gasteiger partial charge in [-0.05, 0) is 53.3 Å². The number of aliphatic hydroxyl groups is 1. The molecule has 0 spiro atoms. The van der Waals surface area contributed by atoms with Crippen molar-refractivity contribution in [3.05, 3.63) is 97.4 Å². The number of rotatable bonds is 11. The Balaban J connectivity index is 1.48. The van der Waals surface area contributed by atoms with Crippen LogP contribution in [0, 0.1) is 0 Å². The van der Waals surface area contributed by atoms with Crippen molar-refractivity contribution in [1.29, 1.82) is 0 Å². The monoisotopic (exact) mass is 631 g/mol. The van der Waals surface area contributed by atoms with E-state index in [1.807, 2.05) is 12.1 Å². The summed E-state index contributed by atoms with van der Waals surface area (Å²) in [5.74, 6) is -0.595. The number of amides is 1. The minimum Gasteiger partial charge on any atom is -0.503 e. The van der Waals surface area contributed by atoms with Gasteiger partial charge in [0, 0.05) is 15.8 Å². The van der Waals surface area contributed by atoms with E-state index in [0.717, 1.165) is 18.4 Å². The molecule has 0 fully saturated rings. The van der Waals surface area contributed by atoms with Gasteiger partial charge in [-0.1, -0.05) is 83.9 Å². The Labute approximate surface area is 253 Å². The molecule has 0 radical (unpaired) electrons. The topological polar surface area (TPSA) is 92.6 Å². The van der Waals surface area contributed by atoms with Gasteiger partial charge in [0.05, 0.1) is 23.1 Å². The Morgan fingerprint density at radius 2 is 2.00 bits per heavy atom. The fourth-order valence-corrected chi connectivity index (χ4v) is 7.24. The summed E-state index contributed by atoms with van der Waals surface area (Å²) in [6.07, 6.45) is 1.88. The van der Waals surface area contributed by atoms with Gasteiger partial charge in [0.15, 0.2) is 10.1 Å². The number of benzene rings is 2. The highest BCUT2D eigenvalue weighted by Gasteiger charge is 2.46. The van der Waals surface area contributed by atoms with Crippen molar-refractivity contribution in [3.63, 3.8) is 0 Å². The maximum absolute atomic E-state index is 13.6. The van der Waals surface area contributed by atoms with Crippen LogP contribution < -0.4 is 9.64 Å². The molecule has 1 aliphatic heterocycles. The molecule has 0 saturated heterocycles. The van der Waals surface area contributed by atoms with Gasteiger partial charge in [0.25, 0.3) is 5.91 Å². The zero-order valence-electron chi connectivity index (χ0n) is 21.2. The third-order valence-electron chi connectivity index (χ3n) is 6.11. The van der Waals surface area contributed by atoms with Crippen molar-refractivity contribution >= 4 is 74.5 Å². The van der Waals surface area contributed by atoms with Crippen molar-refractivity contribution in [2.24, 2.45) is 0 Å². The minimum absolute atomic E-state index is 0.00416. The second-order valence-corrected chi connectivity index (χ2v) is 12.8. The first-order valence-corrected chi connectivity index (χ1v) is 15.8. The van der Waals surface area contributed by atoms with Crippen LogP contribution in [0.4, 0.5) is 5.13 Å². The maximum atomic E-state index is 13.6. The molecule has 0 saturated carbocycles. The second kappa shape index (κ2) is 12.7. The number of anilines is 1. The molecule has 0 bridgehead atoms. The molecular weight excluding hydrogens is 609 g/mol. The van der Waals surface area contributed by atoms with Crippen LogP contribution in [0.1, 0.15) is 46.6 Å². The first-order valence-electron chi connectivity index (χ1n) is 12.3. The standard InChI is InChI=1S/C28H23Cl2N3O4S3/c1-2-3-11-37-19-7-4-6-16(13-19)23-22(24(34)21-8-5-12-38-21)25(35)26(36)33(23)27-31-32-28(40-27)39-15-17-9-10-18(29)14-20(17)30/h4-10,12-14,23,35H,2-3,11,15H2,1H3. The normalized spacial score (nSPS) is 15.2. The number of nitrogens with zero attached hydrogens (tertiary/aromatic N) is 3. The van der Waals surface area contributed by atoms with Gasteiger partial charge in [-0.3, -0.25) is 14.5 Å². The summed E-state index contributed by atoms with van der Waals surface area (Å²) in [5.41, 5.74) is 1.49. The van der Waals surface area contributed by atoms with Crippen LogP contribution in [0.2, 0.25) is 10.0 Å². The van der Waals surface area contributed by atoms with E-state index in [1.165, 1.54) is 39.3 Å². The van der Waals surface area contributed by atoms with E-state index >= 15 is 0 Å². The number of thioether (sulfide) groups is 1. The van der Waals surface area contributed by atoms with Gasteiger partial charge in [-0.25, -0.2) is 0 Å². The lowest BCUT2D eigenvalue weighted by Crippen LogP contribution is -2.31. The molecule has 1 N–H and O–H groups in total. The molecule has 4 aromatic rings. The summed E-state index contributed by atoms with van der Waals surface area (Å²) in [6, 6.07) is 15.0. The van der Waals surface area contributed by atoms with Crippen LogP contribution >= 0.6 is 57.6 Å². The maximum Gasteiger partial charge on any atom is 0.296 e. The molecule has 3 heterocycles. The Morgan fingerprint density at radius 1 is 1.15 bits per heavy atom. The molecule has 12 heteroatoms. The molecule has 206 valence electrons. The van der Waals surface area contributed by atoms with Crippen molar-refractivity contribution in [1.82, 2.24) is 10.2 Å². The van der Waals surface area contributed by atoms with Gasteiger partial charge in [-0.15, -0.1) is 21.5 Å². The Bertz CT molecular complexity index is 1570. The molecule has 0 aliphatic carbocycles. The fraction of sp³-hybridized carbons (Fsp3) is 0.214. The van der Waals surface area contributed by atoms with E-state index in [-0.39, 0.29) is 10.7 Å². The Kier molecular flexibility index (Phi) is 9.12. The van der Waals surface area contributed by atoms with Crippen LogP contribution in [0.3, 0.4) is 0 Å². The van der Waals surface area contributed by atoms with Crippen LogP contribution in [-0.4, -0.2) is 33.6 Å². The molecule has 5 rings (SSSR count). The van der Waals surface area contributed by atoms with Crippen molar-refractivity contribution in [3.8, 4) is 5.75 Å². The number of Topliss-reactive ketones (excluding diaryl/α,β-unsaturated/α-hetero) is 1. The average Bonchev–Trinajstić information content (AvgIpc) is 3.69. The summed E-state index contributed by atoms with van der Waals surface area (Å²) in [5, 5.41) is 22.7. The molecule has 1 unspecified atom stereocenters. The summed E-state index contributed by atoms with van der Waals surface area (Å²) >= 11 is 16.2. The lowest BCUT2D eigenvalue weighted by Gasteiger charge is -2.24. The van der Waals surface area contributed by atoms with Gasteiger partial charge in [0.1, 0.15) is 5.75 Å². The molecule has 2 aromatic heterocycles. The largest absolute Gasteiger partial charge is 0.503 e. The molecule has 2 aromatic carbocycles. The highest BCUT2D eigenvalue weighted by molar-refractivity contribution is 8.00. The number of halogens is 2. The summed E-state index contributed by atoms with van der Waals surface area (Å²) in [6.45, 7) is 2.63. The summed E-state index contributed by atoms with van der Waals surface area (Å²) < 4.78 is 6.49. The predicted octanol–water partition coefficient (Wildman–Crippen LogP) is 8.16. The van der Waals surface area contributed by atoms with E-state index < -0.39 is 23.5 Å². The Morgan fingerprint density at radius 3 is 2.75 bits per heavy atom. The number of carbonyl (C=O) groups excluding carboxylic acids is 2. The number of hydrogen-bond acceptors (Lipinski definition) is 9. The van der Waals surface area contributed by atoms with Crippen molar-refractivity contribution in [2.45, 2.75) is 35.9 Å². The lowest BCUT2D eigenvalue weighted by atomic mass is 9.95. The highest BCUT2D eigenvalue weighted by atomic mass is 35.5. The number of aromatic nitrogens is 2. The lowest BCUT2D eigenvalue weighted by molar-refractivity contribution is -0.117.